The van der Waals surface area contributed by atoms with Crippen molar-refractivity contribution in [2.45, 2.75) is 51.0 Å². The zero-order valence-corrected chi connectivity index (χ0v) is 17.2. The summed E-state index contributed by atoms with van der Waals surface area (Å²) in [6.45, 7) is 4.27. The van der Waals surface area contributed by atoms with E-state index in [4.69, 9.17) is 9.90 Å². The molecule has 0 spiro atoms. The molecule has 1 aromatic carbocycles. The maximum absolute atomic E-state index is 12.5. The van der Waals surface area contributed by atoms with Crippen molar-refractivity contribution in [2.75, 3.05) is 11.4 Å². The van der Waals surface area contributed by atoms with Crippen molar-refractivity contribution in [2.24, 2.45) is 0 Å². The lowest BCUT2D eigenvalue weighted by Gasteiger charge is -2.39. The molecule has 2 atom stereocenters. The number of aliphatic carboxylic acids is 1. The quantitative estimate of drug-likeness (QED) is 0.766. The van der Waals surface area contributed by atoms with Crippen LogP contribution in [0.2, 0.25) is 0 Å². The van der Waals surface area contributed by atoms with Crippen molar-refractivity contribution in [3.05, 3.63) is 52.2 Å². The molecule has 5 nitrogen and oxygen atoms in total. The van der Waals surface area contributed by atoms with Gasteiger partial charge in [-0.2, -0.15) is 13.2 Å². The first-order valence-electron chi connectivity index (χ1n) is 9.63. The largest absolute Gasteiger partial charge is 0.490 e. The number of alkyl halides is 3. The van der Waals surface area contributed by atoms with Crippen LogP contribution in [-0.4, -0.2) is 46.7 Å². The molecule has 0 saturated carbocycles. The normalized spacial score (nSPS) is 21.7. The molecule has 2 aromatic rings. The first-order valence-corrected chi connectivity index (χ1v) is 10.4. The van der Waals surface area contributed by atoms with Crippen LogP contribution in [-0.2, 0) is 16.1 Å². The number of benzene rings is 1. The van der Waals surface area contributed by atoms with Crippen LogP contribution in [0.15, 0.2) is 42.5 Å². The molecule has 2 aliphatic rings. The minimum Gasteiger partial charge on any atom is -0.475 e. The standard InChI is InChI=1S/C19H22N2OS.C2HF3O2/c1-14-7-8-16(23-14)13-20-12-11-18-17(20)9-10-19(22)21(18)15-5-3-2-4-6-15;3-2(4,5)1(6)7/h2-8,17-18H,9-13H2,1H3;(H,6,7)/t17-,18-;/m1./s1. The minimum absolute atomic E-state index is 0.284. The SMILES string of the molecule is Cc1ccc(CN2CC[C@@H]3[C@H]2CCC(=O)N3c2ccccc2)s1.O=C(O)C(F)(F)F. The Kier molecular flexibility index (Phi) is 6.82. The van der Waals surface area contributed by atoms with E-state index in [0.29, 0.717) is 18.5 Å². The van der Waals surface area contributed by atoms with Gasteiger partial charge in [0.15, 0.2) is 0 Å². The van der Waals surface area contributed by atoms with Gasteiger partial charge in [-0.3, -0.25) is 9.69 Å². The fraction of sp³-hybridized carbons (Fsp3) is 0.429. The van der Waals surface area contributed by atoms with Crippen LogP contribution in [0.4, 0.5) is 18.9 Å². The van der Waals surface area contributed by atoms with E-state index in [-0.39, 0.29) is 5.91 Å². The molecular weight excluding hydrogens is 417 g/mol. The number of hydrogen-bond acceptors (Lipinski definition) is 4. The highest BCUT2D eigenvalue weighted by Gasteiger charge is 2.43. The van der Waals surface area contributed by atoms with Crippen molar-refractivity contribution in [1.29, 1.82) is 0 Å². The molecule has 0 aliphatic carbocycles. The molecule has 0 unspecified atom stereocenters. The fourth-order valence-electron chi connectivity index (χ4n) is 4.04. The number of amides is 1. The highest BCUT2D eigenvalue weighted by Crippen LogP contribution is 2.36. The Morgan fingerprint density at radius 3 is 2.37 bits per heavy atom. The Labute approximate surface area is 176 Å². The first kappa shape index (κ1) is 22.3. The number of halogens is 3. The average Bonchev–Trinajstić information content (AvgIpc) is 3.28. The molecule has 4 rings (SSSR count). The van der Waals surface area contributed by atoms with Gasteiger partial charge in [0.1, 0.15) is 0 Å². The number of carboxylic acid groups (broad SMARTS) is 1. The van der Waals surface area contributed by atoms with E-state index < -0.39 is 12.1 Å². The second-order valence-electron chi connectivity index (χ2n) is 7.35. The second-order valence-corrected chi connectivity index (χ2v) is 8.72. The van der Waals surface area contributed by atoms with Crippen LogP contribution in [0.1, 0.15) is 29.0 Å². The summed E-state index contributed by atoms with van der Waals surface area (Å²) in [5.74, 6) is -2.47. The molecular formula is C21H23F3N2O3S. The molecule has 2 saturated heterocycles. The van der Waals surface area contributed by atoms with E-state index in [1.165, 1.54) is 9.75 Å². The van der Waals surface area contributed by atoms with Crippen LogP contribution in [0.5, 0.6) is 0 Å². The van der Waals surface area contributed by atoms with E-state index in [9.17, 15) is 18.0 Å². The maximum Gasteiger partial charge on any atom is 0.490 e. The number of thiophene rings is 1. The van der Waals surface area contributed by atoms with Crippen molar-refractivity contribution < 1.29 is 27.9 Å². The number of piperidine rings is 1. The smallest absolute Gasteiger partial charge is 0.475 e. The highest BCUT2D eigenvalue weighted by molar-refractivity contribution is 7.11. The summed E-state index contributed by atoms with van der Waals surface area (Å²) in [6.07, 6.45) is -2.34. The van der Waals surface area contributed by atoms with E-state index in [1.807, 2.05) is 29.5 Å². The Bertz CT molecular complexity index is 885. The van der Waals surface area contributed by atoms with Crippen LogP contribution in [0.25, 0.3) is 0 Å². The monoisotopic (exact) mass is 440 g/mol. The lowest BCUT2D eigenvalue weighted by atomic mass is 9.95. The summed E-state index contributed by atoms with van der Waals surface area (Å²) < 4.78 is 31.7. The second kappa shape index (κ2) is 9.18. The zero-order valence-electron chi connectivity index (χ0n) is 16.4. The Morgan fingerprint density at radius 2 is 1.80 bits per heavy atom. The van der Waals surface area contributed by atoms with Gasteiger partial charge in [-0.25, -0.2) is 4.79 Å². The number of hydrogen-bond donors (Lipinski definition) is 1. The molecule has 162 valence electrons. The van der Waals surface area contributed by atoms with Crippen molar-refractivity contribution in [1.82, 2.24) is 4.90 Å². The molecule has 1 amide bonds. The maximum atomic E-state index is 12.5. The number of carboxylic acids is 1. The molecule has 1 N–H and O–H groups in total. The van der Waals surface area contributed by atoms with Gasteiger partial charge in [-0.15, -0.1) is 11.3 Å². The van der Waals surface area contributed by atoms with E-state index in [0.717, 1.165) is 31.6 Å². The molecule has 9 heteroatoms. The van der Waals surface area contributed by atoms with Crippen LogP contribution >= 0.6 is 11.3 Å². The number of fused-ring (bicyclic) bond motifs is 1. The zero-order chi connectivity index (χ0) is 21.9. The predicted molar refractivity (Wildman–Crippen MR) is 109 cm³/mol. The third-order valence-corrected chi connectivity index (χ3v) is 6.30. The summed E-state index contributed by atoms with van der Waals surface area (Å²) in [5.41, 5.74) is 1.06. The van der Waals surface area contributed by atoms with Gasteiger partial charge >= 0.3 is 12.1 Å². The predicted octanol–water partition coefficient (Wildman–Crippen LogP) is 4.46. The van der Waals surface area contributed by atoms with Gasteiger partial charge < -0.3 is 10.0 Å². The number of rotatable bonds is 3. The van der Waals surface area contributed by atoms with Crippen molar-refractivity contribution in [3.8, 4) is 0 Å². The van der Waals surface area contributed by atoms with Gasteiger partial charge in [-0.05, 0) is 44.0 Å². The first-order chi connectivity index (χ1) is 14.2. The molecule has 3 heterocycles. The van der Waals surface area contributed by atoms with E-state index in [2.05, 4.69) is 41.0 Å². The Hall–Kier alpha value is -2.39. The van der Waals surface area contributed by atoms with Gasteiger partial charge in [0.25, 0.3) is 0 Å². The fourth-order valence-corrected chi connectivity index (χ4v) is 4.96. The summed E-state index contributed by atoms with van der Waals surface area (Å²) in [7, 11) is 0. The number of nitrogens with zero attached hydrogens (tertiary/aromatic N) is 2. The number of aryl methyl sites for hydroxylation is 1. The molecule has 2 aliphatic heterocycles. The molecule has 30 heavy (non-hydrogen) atoms. The number of carbonyl (C=O) groups is 2. The van der Waals surface area contributed by atoms with Crippen LogP contribution < -0.4 is 4.90 Å². The highest BCUT2D eigenvalue weighted by atomic mass is 32.1. The van der Waals surface area contributed by atoms with Gasteiger partial charge in [0, 0.05) is 41.0 Å². The lowest BCUT2D eigenvalue weighted by molar-refractivity contribution is -0.192. The summed E-state index contributed by atoms with van der Waals surface area (Å²) >= 11 is 1.89. The third kappa shape index (κ3) is 5.20. The van der Waals surface area contributed by atoms with E-state index >= 15 is 0 Å². The molecule has 0 radical (unpaired) electrons. The number of para-hydroxylation sites is 1. The summed E-state index contributed by atoms with van der Waals surface area (Å²) in [4.78, 5) is 28.9. The topological polar surface area (TPSA) is 60.9 Å². The van der Waals surface area contributed by atoms with Crippen LogP contribution in [0, 0.1) is 6.92 Å². The molecule has 2 fully saturated rings. The number of likely N-dealkylation sites (tertiary alicyclic amines) is 1. The van der Waals surface area contributed by atoms with Gasteiger partial charge in [0.2, 0.25) is 5.91 Å². The minimum atomic E-state index is -5.08. The Morgan fingerprint density at radius 1 is 1.13 bits per heavy atom. The van der Waals surface area contributed by atoms with E-state index in [1.54, 1.807) is 0 Å². The van der Waals surface area contributed by atoms with Gasteiger partial charge in [-0.1, -0.05) is 18.2 Å². The Balaban J connectivity index is 0.000000318. The third-order valence-electron chi connectivity index (χ3n) is 5.31. The summed E-state index contributed by atoms with van der Waals surface area (Å²) in [5, 5.41) is 7.12. The van der Waals surface area contributed by atoms with Crippen molar-refractivity contribution in [3.63, 3.8) is 0 Å². The van der Waals surface area contributed by atoms with Crippen LogP contribution in [0.3, 0.4) is 0 Å². The molecule has 0 bridgehead atoms. The van der Waals surface area contributed by atoms with Crippen molar-refractivity contribution >= 4 is 28.9 Å². The summed E-state index contributed by atoms with van der Waals surface area (Å²) in [6, 6.07) is 15.5. The number of carbonyl (C=O) groups excluding carboxylic acids is 1. The lowest BCUT2D eigenvalue weighted by Crippen LogP contribution is -2.52. The van der Waals surface area contributed by atoms with Gasteiger partial charge in [0.05, 0.1) is 6.04 Å². The number of anilines is 1. The average molecular weight is 440 g/mol. The molecule has 1 aromatic heterocycles.